The molecule has 2 aromatic heterocycles. The maximum absolute atomic E-state index is 13.1. The molecule has 4 heterocycles. The van der Waals surface area contributed by atoms with Crippen LogP contribution in [-0.4, -0.2) is 50.9 Å². The van der Waals surface area contributed by atoms with Crippen LogP contribution in [0.3, 0.4) is 0 Å². The van der Waals surface area contributed by atoms with Gasteiger partial charge in [0.05, 0.1) is 35.9 Å². The number of fused-ring (bicyclic) bond motifs is 1. The quantitative estimate of drug-likeness (QED) is 0.306. The average Bonchev–Trinajstić information content (AvgIpc) is 3.79. The molecule has 1 unspecified atom stereocenters. The Hall–Kier alpha value is -3.72. The fourth-order valence-electron chi connectivity index (χ4n) is 6.00. The van der Waals surface area contributed by atoms with E-state index in [9.17, 15) is 9.59 Å². The van der Waals surface area contributed by atoms with Gasteiger partial charge < -0.3 is 19.7 Å². The second kappa shape index (κ2) is 11.8. The largest absolute Gasteiger partial charge is 0.372 e. The summed E-state index contributed by atoms with van der Waals surface area (Å²) in [4.78, 5) is 39.5. The number of carbonyl (C=O) groups excluding carboxylic acids is 2. The van der Waals surface area contributed by atoms with Gasteiger partial charge in [-0.15, -0.1) is 11.3 Å². The summed E-state index contributed by atoms with van der Waals surface area (Å²) >= 11 is 1.54. The minimum Gasteiger partial charge on any atom is -0.372 e. The molecule has 0 spiro atoms. The molecule has 2 amide bonds. The zero-order valence-corrected chi connectivity index (χ0v) is 23.8. The SMILES string of the molecule is Cc1nc2ccccc2n1Cc1csc(CNC(=O)CCC(=O)N2CCCC2c2cccc(N3CCCC3)c2)n1. The van der Waals surface area contributed by atoms with Gasteiger partial charge in [-0.25, -0.2) is 9.97 Å². The molecule has 1 atom stereocenters. The number of aryl methyl sites for hydroxylation is 1. The predicted molar refractivity (Wildman–Crippen MR) is 158 cm³/mol. The molecule has 2 aliphatic rings. The van der Waals surface area contributed by atoms with Crippen LogP contribution >= 0.6 is 11.3 Å². The first kappa shape index (κ1) is 26.5. The number of carbonyl (C=O) groups is 2. The highest BCUT2D eigenvalue weighted by Crippen LogP contribution is 2.34. The first-order chi connectivity index (χ1) is 19.5. The van der Waals surface area contributed by atoms with Crippen LogP contribution in [0.1, 0.15) is 66.7 Å². The van der Waals surface area contributed by atoms with E-state index in [1.165, 1.54) is 35.4 Å². The summed E-state index contributed by atoms with van der Waals surface area (Å²) < 4.78 is 2.16. The van der Waals surface area contributed by atoms with Crippen molar-refractivity contribution in [2.45, 2.75) is 64.6 Å². The van der Waals surface area contributed by atoms with Gasteiger partial charge in [0.2, 0.25) is 11.8 Å². The number of thiazole rings is 1. The average molecular weight is 557 g/mol. The molecule has 2 saturated heterocycles. The van der Waals surface area contributed by atoms with E-state index in [1.54, 1.807) is 0 Å². The number of hydrogen-bond acceptors (Lipinski definition) is 6. The molecule has 0 radical (unpaired) electrons. The zero-order valence-electron chi connectivity index (χ0n) is 23.0. The van der Waals surface area contributed by atoms with Gasteiger partial charge in [0, 0.05) is 43.5 Å². The van der Waals surface area contributed by atoms with Crippen molar-refractivity contribution in [1.29, 1.82) is 0 Å². The number of benzene rings is 2. The molecule has 8 nitrogen and oxygen atoms in total. The van der Waals surface area contributed by atoms with E-state index in [2.05, 4.69) is 50.1 Å². The lowest BCUT2D eigenvalue weighted by molar-refractivity contribution is -0.134. The molecule has 2 aromatic carbocycles. The van der Waals surface area contributed by atoms with E-state index in [1.807, 2.05) is 35.4 Å². The van der Waals surface area contributed by atoms with E-state index in [-0.39, 0.29) is 30.7 Å². The Labute approximate surface area is 239 Å². The van der Waals surface area contributed by atoms with Gasteiger partial charge in [0.15, 0.2) is 0 Å². The second-order valence-corrected chi connectivity index (χ2v) is 11.7. The molecule has 2 fully saturated rings. The lowest BCUT2D eigenvalue weighted by Gasteiger charge is -2.26. The number of rotatable bonds is 9. The van der Waals surface area contributed by atoms with E-state index < -0.39 is 0 Å². The summed E-state index contributed by atoms with van der Waals surface area (Å²) in [5.41, 5.74) is 5.48. The highest BCUT2D eigenvalue weighted by molar-refractivity contribution is 7.09. The maximum Gasteiger partial charge on any atom is 0.223 e. The van der Waals surface area contributed by atoms with Crippen LogP contribution in [0, 0.1) is 6.92 Å². The Balaban J connectivity index is 0.995. The third-order valence-corrected chi connectivity index (χ3v) is 8.96. The van der Waals surface area contributed by atoms with Crippen LogP contribution in [0.5, 0.6) is 0 Å². The summed E-state index contributed by atoms with van der Waals surface area (Å²) in [6, 6.07) is 16.9. The van der Waals surface area contributed by atoms with Crippen molar-refractivity contribution < 1.29 is 9.59 Å². The third kappa shape index (κ3) is 5.75. The van der Waals surface area contributed by atoms with Crippen molar-refractivity contribution in [3.8, 4) is 0 Å². The molecule has 6 rings (SSSR count). The minimum atomic E-state index is -0.117. The molecular formula is C31H36N6O2S. The number of amides is 2. The molecule has 0 bridgehead atoms. The fourth-order valence-corrected chi connectivity index (χ4v) is 6.73. The highest BCUT2D eigenvalue weighted by atomic mass is 32.1. The molecule has 40 heavy (non-hydrogen) atoms. The molecule has 1 N–H and O–H groups in total. The smallest absolute Gasteiger partial charge is 0.223 e. The van der Waals surface area contributed by atoms with Gasteiger partial charge in [-0.2, -0.15) is 0 Å². The topological polar surface area (TPSA) is 83.4 Å². The summed E-state index contributed by atoms with van der Waals surface area (Å²) in [6.45, 7) is 5.99. The first-order valence-electron chi connectivity index (χ1n) is 14.3. The van der Waals surface area contributed by atoms with Crippen molar-refractivity contribution in [2.75, 3.05) is 24.5 Å². The summed E-state index contributed by atoms with van der Waals surface area (Å²) in [5.74, 6) is 0.894. The lowest BCUT2D eigenvalue weighted by Crippen LogP contribution is -2.32. The molecular weight excluding hydrogens is 520 g/mol. The Morgan fingerprint density at radius 3 is 2.73 bits per heavy atom. The molecule has 2 aliphatic heterocycles. The number of para-hydroxylation sites is 2. The minimum absolute atomic E-state index is 0.0590. The van der Waals surface area contributed by atoms with Gasteiger partial charge in [-0.3, -0.25) is 9.59 Å². The Morgan fingerprint density at radius 2 is 1.85 bits per heavy atom. The molecule has 9 heteroatoms. The standard InChI is InChI=1S/C31H36N6O2S/c1-22-33-26-10-2-3-11-28(26)37(22)20-24-21-40-30(34-24)19-32-29(38)13-14-31(39)36-17-7-12-27(36)23-8-6-9-25(18-23)35-15-4-5-16-35/h2-3,6,8-11,18,21,27H,4-5,7,12-17,19-20H2,1H3,(H,32,38). The van der Waals surface area contributed by atoms with E-state index in [0.717, 1.165) is 60.0 Å². The molecule has 0 saturated carbocycles. The number of imidazole rings is 1. The van der Waals surface area contributed by atoms with Crippen molar-refractivity contribution in [3.63, 3.8) is 0 Å². The normalized spacial score (nSPS) is 17.2. The highest BCUT2D eigenvalue weighted by Gasteiger charge is 2.30. The number of likely N-dealkylation sites (tertiary alicyclic amines) is 1. The maximum atomic E-state index is 13.1. The summed E-state index contributed by atoms with van der Waals surface area (Å²) in [6.07, 6.45) is 4.87. The van der Waals surface area contributed by atoms with Gasteiger partial charge in [0.25, 0.3) is 0 Å². The van der Waals surface area contributed by atoms with Crippen molar-refractivity contribution in [3.05, 3.63) is 76.0 Å². The third-order valence-electron chi connectivity index (χ3n) is 8.07. The van der Waals surface area contributed by atoms with Crippen LogP contribution in [0.2, 0.25) is 0 Å². The number of aromatic nitrogens is 3. The predicted octanol–water partition coefficient (Wildman–Crippen LogP) is 5.21. The number of hydrogen-bond donors (Lipinski definition) is 1. The van der Waals surface area contributed by atoms with Crippen LogP contribution in [0.25, 0.3) is 11.0 Å². The van der Waals surface area contributed by atoms with E-state index in [4.69, 9.17) is 4.98 Å². The van der Waals surface area contributed by atoms with Gasteiger partial charge in [-0.1, -0.05) is 24.3 Å². The van der Waals surface area contributed by atoms with Crippen LogP contribution in [0.4, 0.5) is 5.69 Å². The van der Waals surface area contributed by atoms with Crippen molar-refractivity contribution >= 4 is 39.9 Å². The van der Waals surface area contributed by atoms with Gasteiger partial charge >= 0.3 is 0 Å². The van der Waals surface area contributed by atoms with Crippen LogP contribution in [-0.2, 0) is 22.7 Å². The van der Waals surface area contributed by atoms with Crippen molar-refractivity contribution in [1.82, 2.24) is 24.8 Å². The zero-order chi connectivity index (χ0) is 27.5. The number of anilines is 1. The molecule has 208 valence electrons. The Morgan fingerprint density at radius 1 is 1.00 bits per heavy atom. The van der Waals surface area contributed by atoms with E-state index in [0.29, 0.717) is 13.1 Å². The second-order valence-electron chi connectivity index (χ2n) is 10.8. The van der Waals surface area contributed by atoms with Gasteiger partial charge in [0.1, 0.15) is 10.8 Å². The van der Waals surface area contributed by atoms with Crippen molar-refractivity contribution in [2.24, 2.45) is 0 Å². The molecule has 4 aromatic rings. The van der Waals surface area contributed by atoms with Crippen LogP contribution < -0.4 is 10.2 Å². The van der Waals surface area contributed by atoms with E-state index >= 15 is 0 Å². The first-order valence-corrected chi connectivity index (χ1v) is 15.2. The summed E-state index contributed by atoms with van der Waals surface area (Å²) in [7, 11) is 0. The molecule has 0 aliphatic carbocycles. The number of nitrogens with zero attached hydrogens (tertiary/aromatic N) is 5. The van der Waals surface area contributed by atoms with Gasteiger partial charge in [-0.05, 0) is 62.4 Å². The number of nitrogens with one attached hydrogen (secondary N) is 1. The lowest BCUT2D eigenvalue weighted by atomic mass is 10.0. The summed E-state index contributed by atoms with van der Waals surface area (Å²) in [5, 5.41) is 5.84. The van der Waals surface area contributed by atoms with Crippen LogP contribution in [0.15, 0.2) is 53.9 Å². The Bertz CT molecular complexity index is 1500. The fraction of sp³-hybridized carbons (Fsp3) is 0.419. The Kier molecular flexibility index (Phi) is 7.82. The monoisotopic (exact) mass is 556 g/mol.